The van der Waals surface area contributed by atoms with Crippen molar-refractivity contribution in [2.75, 3.05) is 5.32 Å². The number of nitrogens with one attached hydrogen (secondary N) is 1. The lowest BCUT2D eigenvalue weighted by molar-refractivity contribution is -0.383. The number of carbonyl (C=O) groups excluding carboxylic acids is 1. The first-order valence-corrected chi connectivity index (χ1v) is 4.22. The highest BCUT2D eigenvalue weighted by Crippen LogP contribution is 2.35. The summed E-state index contributed by atoms with van der Waals surface area (Å²) >= 11 is 5.68. The summed E-state index contributed by atoms with van der Waals surface area (Å²) < 4.78 is 0. The van der Waals surface area contributed by atoms with Crippen molar-refractivity contribution in [2.45, 2.75) is 6.42 Å². The highest BCUT2D eigenvalue weighted by atomic mass is 35.5. The summed E-state index contributed by atoms with van der Waals surface area (Å²) in [6.45, 7) is 0. The van der Waals surface area contributed by atoms with Crippen LogP contribution in [-0.2, 0) is 11.2 Å². The van der Waals surface area contributed by atoms with Crippen LogP contribution in [0, 0.1) is 10.1 Å². The van der Waals surface area contributed by atoms with Crippen molar-refractivity contribution >= 4 is 28.9 Å². The summed E-state index contributed by atoms with van der Waals surface area (Å²) in [5.41, 5.74) is 0.692. The average molecular weight is 213 g/mol. The van der Waals surface area contributed by atoms with Crippen LogP contribution in [0.25, 0.3) is 0 Å². The monoisotopic (exact) mass is 212 g/mol. The van der Waals surface area contributed by atoms with E-state index in [2.05, 4.69) is 5.32 Å². The van der Waals surface area contributed by atoms with Gasteiger partial charge in [-0.2, -0.15) is 0 Å². The number of halogens is 1. The molecular formula is C8H5ClN2O3. The number of hydrogen-bond acceptors (Lipinski definition) is 3. The maximum Gasteiger partial charge on any atom is 0.294 e. The maximum atomic E-state index is 11.0. The Labute approximate surface area is 83.8 Å². The molecule has 5 nitrogen and oxygen atoms in total. The Balaban J connectivity index is 2.63. The second kappa shape index (κ2) is 2.95. The van der Waals surface area contributed by atoms with Gasteiger partial charge in [-0.3, -0.25) is 14.9 Å². The summed E-state index contributed by atoms with van der Waals surface area (Å²) in [6, 6.07) is 2.79. The van der Waals surface area contributed by atoms with Gasteiger partial charge in [-0.1, -0.05) is 11.6 Å². The quantitative estimate of drug-likeness (QED) is 0.569. The molecule has 1 amide bonds. The molecule has 6 heteroatoms. The molecular weight excluding hydrogens is 208 g/mol. The number of anilines is 1. The van der Waals surface area contributed by atoms with Crippen LogP contribution in [0.3, 0.4) is 0 Å². The molecule has 0 atom stereocenters. The fraction of sp³-hybridized carbons (Fsp3) is 0.125. The smallest absolute Gasteiger partial charge is 0.294 e. The van der Waals surface area contributed by atoms with E-state index in [9.17, 15) is 14.9 Å². The van der Waals surface area contributed by atoms with E-state index in [1.807, 2.05) is 0 Å². The normalized spacial score (nSPS) is 13.6. The Bertz CT molecular complexity index is 444. The Hall–Kier alpha value is -1.62. The number of nitrogens with zero attached hydrogens (tertiary/aromatic N) is 1. The summed E-state index contributed by atoms with van der Waals surface area (Å²) in [7, 11) is 0. The molecule has 0 aromatic heterocycles. The Morgan fingerprint density at radius 3 is 2.86 bits per heavy atom. The molecule has 1 N–H and O–H groups in total. The molecule has 1 aromatic rings. The van der Waals surface area contributed by atoms with Crippen LogP contribution in [0.4, 0.5) is 11.4 Å². The van der Waals surface area contributed by atoms with E-state index in [4.69, 9.17) is 11.6 Å². The number of hydrogen-bond donors (Lipinski definition) is 1. The molecule has 1 aliphatic rings. The molecule has 1 aromatic carbocycles. The van der Waals surface area contributed by atoms with Gasteiger partial charge in [0, 0.05) is 11.1 Å². The van der Waals surface area contributed by atoms with E-state index in [-0.39, 0.29) is 28.7 Å². The van der Waals surface area contributed by atoms with Gasteiger partial charge in [0.05, 0.1) is 11.3 Å². The standard InChI is InChI=1S/C8H5ClN2O3/c9-5-1-4-2-7(12)10-8(4)6(3-5)11(13)14/h1,3H,2H2,(H,10,12). The van der Waals surface area contributed by atoms with Crippen LogP contribution in [0.5, 0.6) is 0 Å². The molecule has 2 rings (SSSR count). The Morgan fingerprint density at radius 1 is 1.50 bits per heavy atom. The van der Waals surface area contributed by atoms with Gasteiger partial charge in [0.1, 0.15) is 5.69 Å². The number of rotatable bonds is 1. The minimum atomic E-state index is -0.559. The summed E-state index contributed by atoms with van der Waals surface area (Å²) in [4.78, 5) is 21.1. The molecule has 1 aliphatic heterocycles. The van der Waals surface area contributed by atoms with Crippen molar-refractivity contribution in [1.82, 2.24) is 0 Å². The topological polar surface area (TPSA) is 72.2 Å². The first-order valence-electron chi connectivity index (χ1n) is 3.84. The molecule has 0 fully saturated rings. The zero-order chi connectivity index (χ0) is 10.3. The van der Waals surface area contributed by atoms with E-state index in [1.165, 1.54) is 6.07 Å². The molecule has 1 heterocycles. The third-order valence-corrected chi connectivity index (χ3v) is 2.19. The van der Waals surface area contributed by atoms with E-state index >= 15 is 0 Å². The minimum Gasteiger partial charge on any atom is -0.320 e. The highest BCUT2D eigenvalue weighted by molar-refractivity contribution is 6.31. The molecule has 0 radical (unpaired) electrons. The average Bonchev–Trinajstić information content (AvgIpc) is 2.42. The van der Waals surface area contributed by atoms with E-state index in [0.29, 0.717) is 5.56 Å². The predicted octanol–water partition coefficient (Wildman–Crippen LogP) is 1.74. The van der Waals surface area contributed by atoms with Crippen LogP contribution in [0.1, 0.15) is 5.56 Å². The third kappa shape index (κ3) is 1.31. The summed E-state index contributed by atoms with van der Waals surface area (Å²) in [6.07, 6.45) is 0.150. The van der Waals surface area contributed by atoms with Crippen LogP contribution >= 0.6 is 11.6 Å². The SMILES string of the molecule is O=C1Cc2cc(Cl)cc([N+](=O)[O-])c2N1. The van der Waals surface area contributed by atoms with Gasteiger partial charge in [-0.05, 0) is 11.6 Å². The van der Waals surface area contributed by atoms with Gasteiger partial charge < -0.3 is 5.32 Å². The summed E-state index contributed by atoms with van der Waals surface area (Å²) in [5, 5.41) is 13.3. The molecule has 0 spiro atoms. The van der Waals surface area contributed by atoms with E-state index < -0.39 is 4.92 Å². The number of fused-ring (bicyclic) bond motifs is 1. The number of amides is 1. The molecule has 0 aliphatic carbocycles. The third-order valence-electron chi connectivity index (χ3n) is 1.98. The first kappa shape index (κ1) is 8.96. The molecule has 0 unspecified atom stereocenters. The number of benzene rings is 1. The van der Waals surface area contributed by atoms with Crippen molar-refractivity contribution in [1.29, 1.82) is 0 Å². The van der Waals surface area contributed by atoms with Gasteiger partial charge in [-0.25, -0.2) is 0 Å². The van der Waals surface area contributed by atoms with Crippen LogP contribution in [0.15, 0.2) is 12.1 Å². The van der Waals surface area contributed by atoms with E-state index in [0.717, 1.165) is 0 Å². The lowest BCUT2D eigenvalue weighted by atomic mass is 10.1. The van der Waals surface area contributed by atoms with Crippen LogP contribution < -0.4 is 5.32 Å². The van der Waals surface area contributed by atoms with Crippen molar-refractivity contribution in [3.05, 3.63) is 32.8 Å². The fourth-order valence-corrected chi connectivity index (χ4v) is 1.67. The van der Waals surface area contributed by atoms with Gasteiger partial charge in [0.25, 0.3) is 5.69 Å². The van der Waals surface area contributed by atoms with Crippen LogP contribution in [0.2, 0.25) is 5.02 Å². The van der Waals surface area contributed by atoms with E-state index in [1.54, 1.807) is 6.07 Å². The van der Waals surface area contributed by atoms with Crippen molar-refractivity contribution in [3.63, 3.8) is 0 Å². The highest BCUT2D eigenvalue weighted by Gasteiger charge is 2.27. The van der Waals surface area contributed by atoms with Gasteiger partial charge in [0.15, 0.2) is 0 Å². The second-order valence-corrected chi connectivity index (χ2v) is 3.38. The van der Waals surface area contributed by atoms with Crippen molar-refractivity contribution in [2.24, 2.45) is 0 Å². The van der Waals surface area contributed by atoms with Gasteiger partial charge in [0.2, 0.25) is 5.91 Å². The van der Waals surface area contributed by atoms with Crippen molar-refractivity contribution < 1.29 is 9.72 Å². The number of carbonyl (C=O) groups is 1. The van der Waals surface area contributed by atoms with Crippen LogP contribution in [-0.4, -0.2) is 10.8 Å². The zero-order valence-corrected chi connectivity index (χ0v) is 7.67. The van der Waals surface area contributed by atoms with Gasteiger partial charge in [-0.15, -0.1) is 0 Å². The lowest BCUT2D eigenvalue weighted by Crippen LogP contribution is -2.04. The lowest BCUT2D eigenvalue weighted by Gasteiger charge is -2.00. The first-order chi connectivity index (χ1) is 6.58. The molecule has 0 saturated heterocycles. The molecule has 0 saturated carbocycles. The second-order valence-electron chi connectivity index (χ2n) is 2.94. The zero-order valence-electron chi connectivity index (χ0n) is 6.91. The minimum absolute atomic E-state index is 0.150. The Kier molecular flexibility index (Phi) is 1.89. The summed E-state index contributed by atoms with van der Waals surface area (Å²) in [5.74, 6) is -0.245. The molecule has 14 heavy (non-hydrogen) atoms. The Morgan fingerprint density at radius 2 is 2.21 bits per heavy atom. The fourth-order valence-electron chi connectivity index (χ4n) is 1.43. The number of nitro groups is 1. The number of nitro benzene ring substituents is 1. The predicted molar refractivity (Wildman–Crippen MR) is 50.4 cm³/mol. The van der Waals surface area contributed by atoms with Gasteiger partial charge >= 0.3 is 0 Å². The maximum absolute atomic E-state index is 11.0. The van der Waals surface area contributed by atoms with Crippen molar-refractivity contribution in [3.8, 4) is 0 Å². The molecule has 0 bridgehead atoms. The molecule has 72 valence electrons. The largest absolute Gasteiger partial charge is 0.320 e.